The lowest BCUT2D eigenvalue weighted by Crippen LogP contribution is -2.44. The summed E-state index contributed by atoms with van der Waals surface area (Å²) in [5, 5.41) is 20.0. The lowest BCUT2D eigenvalue weighted by Gasteiger charge is -2.31. The second kappa shape index (κ2) is 5.80. The van der Waals surface area contributed by atoms with E-state index in [4.69, 9.17) is 0 Å². The van der Waals surface area contributed by atoms with Crippen LogP contribution < -0.4 is 0 Å². The number of carboxylic acids is 1. The molecule has 1 atom stereocenters. The molecule has 3 heteroatoms. The fraction of sp³-hybridized carbons (Fsp3) is 0.611. The van der Waals surface area contributed by atoms with E-state index in [-0.39, 0.29) is 23.7 Å². The van der Waals surface area contributed by atoms with Crippen LogP contribution in [0.25, 0.3) is 0 Å². The largest absolute Gasteiger partial charge is 0.479 e. The lowest BCUT2D eigenvalue weighted by atomic mass is 9.78. The molecular formula is C18H28O3. The summed E-state index contributed by atoms with van der Waals surface area (Å²) in [6, 6.07) is 7.84. The second-order valence-corrected chi connectivity index (χ2v) is 8.20. The third-order valence-electron chi connectivity index (χ3n) is 3.51. The maximum Gasteiger partial charge on any atom is 0.336 e. The maximum absolute atomic E-state index is 11.5. The molecular weight excluding hydrogens is 264 g/mol. The van der Waals surface area contributed by atoms with Crippen molar-refractivity contribution in [3.63, 3.8) is 0 Å². The van der Waals surface area contributed by atoms with Crippen LogP contribution >= 0.6 is 0 Å². The zero-order valence-electron chi connectivity index (χ0n) is 14.0. The molecule has 0 radical (unpaired) electrons. The van der Waals surface area contributed by atoms with Gasteiger partial charge in [0.05, 0.1) is 0 Å². The Morgan fingerprint density at radius 3 is 2.10 bits per heavy atom. The first-order valence-electron chi connectivity index (χ1n) is 7.39. The van der Waals surface area contributed by atoms with E-state index in [1.165, 1.54) is 0 Å². The third kappa shape index (κ3) is 5.16. The standard InChI is InChI=1S/C18H28O3/c1-16(2,3)12-18(21,15(19)20)11-13-8-7-9-14(10-13)17(4,5)6/h7-10,21H,11-12H2,1-6H3,(H,19,20). The Morgan fingerprint density at radius 1 is 1.10 bits per heavy atom. The van der Waals surface area contributed by atoms with Gasteiger partial charge in [0.25, 0.3) is 0 Å². The molecule has 0 spiro atoms. The number of carbonyl (C=O) groups is 1. The Bertz CT molecular complexity index is 506. The molecule has 1 rings (SSSR count). The predicted molar refractivity (Wildman–Crippen MR) is 85.5 cm³/mol. The first-order valence-corrected chi connectivity index (χ1v) is 7.39. The van der Waals surface area contributed by atoms with E-state index in [1.54, 1.807) is 0 Å². The van der Waals surface area contributed by atoms with Crippen LogP contribution in [-0.4, -0.2) is 21.8 Å². The van der Waals surface area contributed by atoms with E-state index in [2.05, 4.69) is 20.8 Å². The molecule has 2 N–H and O–H groups in total. The number of hydrogen-bond acceptors (Lipinski definition) is 2. The van der Waals surface area contributed by atoms with Crippen molar-refractivity contribution in [3.8, 4) is 0 Å². The second-order valence-electron chi connectivity index (χ2n) is 8.20. The van der Waals surface area contributed by atoms with Crippen molar-refractivity contribution in [1.29, 1.82) is 0 Å². The van der Waals surface area contributed by atoms with Gasteiger partial charge in [-0.15, -0.1) is 0 Å². The fourth-order valence-corrected chi connectivity index (χ4v) is 2.58. The van der Waals surface area contributed by atoms with Crippen LogP contribution in [0, 0.1) is 5.41 Å². The summed E-state index contributed by atoms with van der Waals surface area (Å²) in [6.07, 6.45) is 0.346. The van der Waals surface area contributed by atoms with Crippen molar-refractivity contribution in [2.24, 2.45) is 5.41 Å². The smallest absolute Gasteiger partial charge is 0.336 e. The summed E-state index contributed by atoms with van der Waals surface area (Å²) >= 11 is 0. The van der Waals surface area contributed by atoms with Gasteiger partial charge in [-0.1, -0.05) is 65.8 Å². The first-order chi connectivity index (χ1) is 9.33. The van der Waals surface area contributed by atoms with E-state index in [0.717, 1.165) is 11.1 Å². The van der Waals surface area contributed by atoms with Crippen LogP contribution in [-0.2, 0) is 16.6 Å². The maximum atomic E-state index is 11.5. The fourth-order valence-electron chi connectivity index (χ4n) is 2.58. The van der Waals surface area contributed by atoms with Crippen molar-refractivity contribution < 1.29 is 15.0 Å². The van der Waals surface area contributed by atoms with Gasteiger partial charge in [0.15, 0.2) is 5.60 Å². The number of rotatable bonds is 4. The minimum Gasteiger partial charge on any atom is -0.479 e. The van der Waals surface area contributed by atoms with Gasteiger partial charge >= 0.3 is 5.97 Å². The van der Waals surface area contributed by atoms with Crippen LogP contribution in [0.4, 0.5) is 0 Å². The van der Waals surface area contributed by atoms with Crippen LogP contribution in [0.15, 0.2) is 24.3 Å². The Hall–Kier alpha value is -1.35. The molecule has 0 aliphatic rings. The number of hydrogen-bond donors (Lipinski definition) is 2. The highest BCUT2D eigenvalue weighted by molar-refractivity contribution is 5.77. The number of aliphatic hydroxyl groups is 1. The predicted octanol–water partition coefficient (Wildman–Crippen LogP) is 3.78. The molecule has 1 aromatic rings. The topological polar surface area (TPSA) is 57.5 Å². The van der Waals surface area contributed by atoms with Gasteiger partial charge in [0, 0.05) is 6.42 Å². The van der Waals surface area contributed by atoms with Crippen molar-refractivity contribution in [1.82, 2.24) is 0 Å². The molecule has 3 nitrogen and oxygen atoms in total. The highest BCUT2D eigenvalue weighted by Gasteiger charge is 2.39. The summed E-state index contributed by atoms with van der Waals surface area (Å²) < 4.78 is 0. The summed E-state index contributed by atoms with van der Waals surface area (Å²) in [6.45, 7) is 12.2. The average molecular weight is 292 g/mol. The molecule has 0 bridgehead atoms. The molecule has 21 heavy (non-hydrogen) atoms. The minimum atomic E-state index is -1.73. The monoisotopic (exact) mass is 292 g/mol. The summed E-state index contributed by atoms with van der Waals surface area (Å²) in [7, 11) is 0. The van der Waals surface area contributed by atoms with Crippen molar-refractivity contribution in [3.05, 3.63) is 35.4 Å². The lowest BCUT2D eigenvalue weighted by molar-refractivity contribution is -0.161. The average Bonchev–Trinajstić information content (AvgIpc) is 2.25. The molecule has 0 amide bonds. The van der Waals surface area contributed by atoms with E-state index in [0.29, 0.717) is 0 Å². The minimum absolute atomic E-state index is 0.00137. The number of aliphatic carboxylic acids is 1. The Balaban J connectivity index is 3.08. The number of benzene rings is 1. The SMILES string of the molecule is CC(C)(C)CC(O)(Cc1cccc(C(C)(C)C)c1)C(=O)O. The van der Waals surface area contributed by atoms with Gasteiger partial charge in [-0.3, -0.25) is 0 Å². The zero-order chi connectivity index (χ0) is 16.5. The van der Waals surface area contributed by atoms with Gasteiger partial charge in [-0.25, -0.2) is 4.79 Å². The third-order valence-corrected chi connectivity index (χ3v) is 3.51. The summed E-state index contributed by atoms with van der Waals surface area (Å²) in [5.74, 6) is -1.15. The van der Waals surface area contributed by atoms with Gasteiger partial charge in [0.2, 0.25) is 0 Å². The van der Waals surface area contributed by atoms with Crippen LogP contribution in [0.2, 0.25) is 0 Å². The summed E-state index contributed by atoms with van der Waals surface area (Å²) in [5.41, 5.74) is 0.0188. The molecule has 1 aromatic carbocycles. The molecule has 0 aliphatic carbocycles. The quantitative estimate of drug-likeness (QED) is 0.888. The normalized spacial score (nSPS) is 15.6. The highest BCUT2D eigenvalue weighted by Crippen LogP contribution is 2.31. The van der Waals surface area contributed by atoms with Crippen LogP contribution in [0.3, 0.4) is 0 Å². The van der Waals surface area contributed by atoms with Crippen molar-refractivity contribution >= 4 is 5.97 Å². The van der Waals surface area contributed by atoms with Gasteiger partial charge in [0.1, 0.15) is 0 Å². The molecule has 0 aliphatic heterocycles. The van der Waals surface area contributed by atoms with Crippen molar-refractivity contribution in [2.45, 2.75) is 65.4 Å². The summed E-state index contributed by atoms with van der Waals surface area (Å²) in [4.78, 5) is 11.5. The van der Waals surface area contributed by atoms with Crippen LogP contribution in [0.5, 0.6) is 0 Å². The Morgan fingerprint density at radius 2 is 1.67 bits per heavy atom. The van der Waals surface area contributed by atoms with Crippen molar-refractivity contribution in [2.75, 3.05) is 0 Å². The molecule has 0 heterocycles. The van der Waals surface area contributed by atoms with E-state index < -0.39 is 11.6 Å². The molecule has 0 aromatic heterocycles. The highest BCUT2D eigenvalue weighted by atomic mass is 16.4. The van der Waals surface area contributed by atoms with E-state index >= 15 is 0 Å². The molecule has 0 fully saturated rings. The van der Waals surface area contributed by atoms with Gasteiger partial charge in [-0.2, -0.15) is 0 Å². The Kier molecular flexibility index (Phi) is 4.89. The Labute approximate surface area is 128 Å². The van der Waals surface area contributed by atoms with Crippen LogP contribution in [0.1, 0.15) is 59.1 Å². The van der Waals surface area contributed by atoms with E-state index in [1.807, 2.05) is 45.0 Å². The van der Waals surface area contributed by atoms with Gasteiger partial charge in [-0.05, 0) is 28.4 Å². The molecule has 1 unspecified atom stereocenters. The molecule has 118 valence electrons. The van der Waals surface area contributed by atoms with E-state index in [9.17, 15) is 15.0 Å². The zero-order valence-corrected chi connectivity index (χ0v) is 14.0. The molecule has 0 saturated heterocycles. The first kappa shape index (κ1) is 17.7. The van der Waals surface area contributed by atoms with Gasteiger partial charge < -0.3 is 10.2 Å². The number of carboxylic acid groups (broad SMARTS) is 1. The molecule has 0 saturated carbocycles.